The van der Waals surface area contributed by atoms with Crippen LogP contribution in [-0.4, -0.2) is 6.61 Å². The molecule has 0 aliphatic heterocycles. The number of nitrogen functional groups attached to an aromatic ring is 1. The van der Waals surface area contributed by atoms with Gasteiger partial charge in [-0.1, -0.05) is 66.4 Å². The van der Waals surface area contributed by atoms with E-state index in [1.54, 1.807) is 11.3 Å². The van der Waals surface area contributed by atoms with Crippen LogP contribution in [0.15, 0.2) is 79.4 Å². The third kappa shape index (κ3) is 4.39. The summed E-state index contributed by atoms with van der Waals surface area (Å²) in [5, 5.41) is 1.17. The highest BCUT2D eigenvalue weighted by Crippen LogP contribution is 2.35. The first-order chi connectivity index (χ1) is 14.8. The largest absolute Gasteiger partial charge is 0.494 e. The molecule has 3 nitrogen and oxygen atoms in total. The second-order valence-corrected chi connectivity index (χ2v) is 8.32. The number of hydrogen-bond acceptors (Lipinski definition) is 3. The summed E-state index contributed by atoms with van der Waals surface area (Å²) in [6.07, 6.45) is 5.18. The minimum Gasteiger partial charge on any atom is -0.494 e. The lowest BCUT2D eigenvalue weighted by Gasteiger charge is -2.07. The van der Waals surface area contributed by atoms with Crippen molar-refractivity contribution in [3.63, 3.8) is 0 Å². The first-order valence-electron chi connectivity index (χ1n) is 10.4. The minimum absolute atomic E-state index is 0.746. The number of nitrogens with zero attached hydrogens (tertiary/aromatic N) is 1. The normalized spacial score (nSPS) is 10.9. The van der Waals surface area contributed by atoms with Crippen molar-refractivity contribution in [3.8, 4) is 16.9 Å². The molecule has 0 unspecified atom stereocenters. The number of ether oxygens (including phenoxy) is 1. The summed E-state index contributed by atoms with van der Waals surface area (Å²) < 4.78 is 9.43. The van der Waals surface area contributed by atoms with E-state index in [1.165, 1.54) is 15.2 Å². The van der Waals surface area contributed by atoms with E-state index < -0.39 is 0 Å². The molecule has 152 valence electrons. The van der Waals surface area contributed by atoms with Gasteiger partial charge < -0.3 is 10.5 Å². The fourth-order valence-corrected chi connectivity index (χ4v) is 4.80. The maximum atomic E-state index is 6.44. The number of nitrogens with two attached hydrogens (primary N) is 1. The van der Waals surface area contributed by atoms with Gasteiger partial charge in [0.05, 0.1) is 12.2 Å². The Hall–Kier alpha value is -3.11. The maximum Gasteiger partial charge on any atom is 0.262 e. The molecule has 4 heteroatoms. The first-order valence-corrected chi connectivity index (χ1v) is 11.2. The number of unbranched alkanes of at least 4 members (excludes halogenated alkanes) is 2. The third-order valence-electron chi connectivity index (χ3n) is 5.20. The molecule has 2 N–H and O–H groups in total. The number of para-hydroxylation sites is 1. The Bertz CT molecular complexity index is 1120. The van der Waals surface area contributed by atoms with E-state index in [9.17, 15) is 0 Å². The SMILES string of the molecule is C=Cc1sc2ccc(N)c(-c3ccccc3)c2[n+]1CCCCCOc1ccccc1. The molecule has 4 rings (SSSR count). The fraction of sp³-hybridized carbons (Fsp3) is 0.192. The zero-order valence-electron chi connectivity index (χ0n) is 17.1. The summed E-state index contributed by atoms with van der Waals surface area (Å²) in [5.41, 5.74) is 10.7. The molecule has 0 spiro atoms. The number of aromatic nitrogens is 1. The van der Waals surface area contributed by atoms with Gasteiger partial charge in [-0.15, -0.1) is 0 Å². The van der Waals surface area contributed by atoms with Crippen molar-refractivity contribution in [1.82, 2.24) is 0 Å². The van der Waals surface area contributed by atoms with Crippen molar-refractivity contribution in [3.05, 3.63) is 84.4 Å². The molecule has 0 fully saturated rings. The number of rotatable bonds is 9. The van der Waals surface area contributed by atoms with Gasteiger partial charge in [0.25, 0.3) is 5.01 Å². The Labute approximate surface area is 182 Å². The number of anilines is 1. The molecular formula is C26H27N2OS+. The molecule has 0 bridgehead atoms. The topological polar surface area (TPSA) is 39.1 Å². The van der Waals surface area contributed by atoms with E-state index >= 15 is 0 Å². The number of thiazole rings is 1. The van der Waals surface area contributed by atoms with Gasteiger partial charge in [-0.25, -0.2) is 0 Å². The summed E-state index contributed by atoms with van der Waals surface area (Å²) in [5.74, 6) is 0.938. The number of fused-ring (bicyclic) bond motifs is 1. The van der Waals surface area contributed by atoms with Crippen molar-refractivity contribution < 1.29 is 9.30 Å². The van der Waals surface area contributed by atoms with Gasteiger partial charge in [0.1, 0.15) is 10.4 Å². The van der Waals surface area contributed by atoms with Crippen molar-refractivity contribution >= 4 is 33.3 Å². The summed E-state index contributed by atoms with van der Waals surface area (Å²) in [6, 6.07) is 24.6. The number of hydrogen-bond donors (Lipinski definition) is 1. The van der Waals surface area contributed by atoms with Gasteiger partial charge in [0, 0.05) is 18.2 Å². The summed E-state index contributed by atoms with van der Waals surface area (Å²) in [7, 11) is 0. The fourth-order valence-electron chi connectivity index (χ4n) is 3.75. The van der Waals surface area contributed by atoms with Crippen LogP contribution in [0.1, 0.15) is 24.3 Å². The van der Waals surface area contributed by atoms with Gasteiger partial charge in [-0.3, -0.25) is 0 Å². The molecule has 1 aromatic heterocycles. The minimum atomic E-state index is 0.746. The van der Waals surface area contributed by atoms with Crippen LogP contribution in [0.5, 0.6) is 5.75 Å². The van der Waals surface area contributed by atoms with Crippen LogP contribution in [0.3, 0.4) is 0 Å². The zero-order valence-corrected chi connectivity index (χ0v) is 17.9. The van der Waals surface area contributed by atoms with E-state index in [2.05, 4.69) is 41.5 Å². The van der Waals surface area contributed by atoms with Crippen LogP contribution in [0.25, 0.3) is 27.4 Å². The molecule has 30 heavy (non-hydrogen) atoms. The summed E-state index contributed by atoms with van der Waals surface area (Å²) in [6.45, 7) is 5.73. The highest BCUT2D eigenvalue weighted by Gasteiger charge is 2.24. The molecule has 4 aromatic rings. The van der Waals surface area contributed by atoms with Crippen LogP contribution >= 0.6 is 11.3 Å². The highest BCUT2D eigenvalue weighted by atomic mass is 32.1. The Morgan fingerprint density at radius 1 is 0.900 bits per heavy atom. The van der Waals surface area contributed by atoms with Crippen LogP contribution in [0.2, 0.25) is 0 Å². The van der Waals surface area contributed by atoms with Crippen molar-refractivity contribution in [1.29, 1.82) is 0 Å². The Kier molecular flexibility index (Phi) is 6.45. The quantitative estimate of drug-likeness (QED) is 0.197. The third-order valence-corrected chi connectivity index (χ3v) is 6.34. The molecule has 0 aliphatic rings. The number of aryl methyl sites for hydroxylation is 1. The zero-order chi connectivity index (χ0) is 20.8. The molecule has 0 saturated carbocycles. The average molecular weight is 416 g/mol. The van der Waals surface area contributed by atoms with Gasteiger partial charge >= 0.3 is 0 Å². The van der Waals surface area contributed by atoms with Crippen LogP contribution in [-0.2, 0) is 6.54 Å². The lowest BCUT2D eigenvalue weighted by atomic mass is 10.0. The molecule has 0 amide bonds. The van der Waals surface area contributed by atoms with Crippen LogP contribution in [0.4, 0.5) is 5.69 Å². The standard InChI is InChI=1S/C26H27N2OS/c1-2-24-28(18-10-5-11-19-29-21-14-8-4-9-15-21)26-23(30-24)17-16-22(27)25(26)20-12-6-3-7-13-20/h2-4,6-9,12-17H,1,5,10-11,18-19,27H2/q+1. The summed E-state index contributed by atoms with van der Waals surface area (Å²) >= 11 is 1.77. The lowest BCUT2D eigenvalue weighted by Crippen LogP contribution is -2.35. The van der Waals surface area contributed by atoms with E-state index in [0.717, 1.165) is 55.0 Å². The average Bonchev–Trinajstić information content (AvgIpc) is 3.15. The Morgan fingerprint density at radius 3 is 2.37 bits per heavy atom. The molecule has 0 saturated heterocycles. The molecule has 1 heterocycles. The lowest BCUT2D eigenvalue weighted by molar-refractivity contribution is -0.668. The maximum absolute atomic E-state index is 6.44. The monoisotopic (exact) mass is 415 g/mol. The second-order valence-electron chi connectivity index (χ2n) is 7.26. The van der Waals surface area contributed by atoms with E-state index in [1.807, 2.05) is 48.5 Å². The highest BCUT2D eigenvalue weighted by molar-refractivity contribution is 7.19. The van der Waals surface area contributed by atoms with E-state index in [4.69, 9.17) is 10.5 Å². The predicted octanol–water partition coefficient (Wildman–Crippen LogP) is 6.33. The molecule has 0 radical (unpaired) electrons. The molecule has 0 atom stereocenters. The van der Waals surface area contributed by atoms with Gasteiger partial charge in [-0.05, 0) is 42.7 Å². The van der Waals surface area contributed by atoms with Gasteiger partial charge in [0.2, 0.25) is 5.52 Å². The first kappa shape index (κ1) is 20.2. The van der Waals surface area contributed by atoms with Crippen molar-refractivity contribution in [2.24, 2.45) is 0 Å². The van der Waals surface area contributed by atoms with Crippen LogP contribution in [0, 0.1) is 0 Å². The van der Waals surface area contributed by atoms with Gasteiger partial charge in [0.15, 0.2) is 6.54 Å². The van der Waals surface area contributed by atoms with E-state index in [0.29, 0.717) is 0 Å². The smallest absolute Gasteiger partial charge is 0.262 e. The van der Waals surface area contributed by atoms with E-state index in [-0.39, 0.29) is 0 Å². The second kappa shape index (κ2) is 9.59. The molecular weight excluding hydrogens is 388 g/mol. The van der Waals surface area contributed by atoms with Crippen molar-refractivity contribution in [2.75, 3.05) is 12.3 Å². The Balaban J connectivity index is 1.50. The van der Waals surface area contributed by atoms with Crippen LogP contribution < -0.4 is 15.0 Å². The van der Waals surface area contributed by atoms with Crippen molar-refractivity contribution in [2.45, 2.75) is 25.8 Å². The number of benzene rings is 3. The van der Waals surface area contributed by atoms with Gasteiger partial charge in [-0.2, -0.15) is 4.57 Å². The molecule has 3 aromatic carbocycles. The molecule has 0 aliphatic carbocycles. The predicted molar refractivity (Wildman–Crippen MR) is 128 cm³/mol. The summed E-state index contributed by atoms with van der Waals surface area (Å²) in [4.78, 5) is 0. The Morgan fingerprint density at radius 2 is 1.63 bits per heavy atom.